The van der Waals surface area contributed by atoms with Crippen molar-refractivity contribution >= 4 is 63.0 Å². The number of thiophene rings is 1. The van der Waals surface area contributed by atoms with E-state index in [1.165, 1.54) is 0 Å². The number of nitrogens with one attached hydrogen (secondary N) is 1. The minimum atomic E-state index is -0.506. The maximum absolute atomic E-state index is 11.9. The number of alkyl halides is 2. The zero-order valence-corrected chi connectivity index (χ0v) is 13.2. The molecule has 0 saturated carbocycles. The third-order valence-electron chi connectivity index (χ3n) is 2.40. The van der Waals surface area contributed by atoms with Gasteiger partial charge in [-0.1, -0.05) is 6.92 Å². The Hall–Kier alpha value is 0.480. The van der Waals surface area contributed by atoms with Crippen LogP contribution in [0.5, 0.6) is 0 Å². The smallest absolute Gasteiger partial charge is 0.252 e. The molecule has 1 aromatic heterocycles. The van der Waals surface area contributed by atoms with Gasteiger partial charge in [-0.2, -0.15) is 0 Å². The van der Waals surface area contributed by atoms with E-state index in [1.807, 2.05) is 18.4 Å². The van der Waals surface area contributed by atoms with E-state index in [2.05, 4.69) is 27.9 Å². The predicted molar refractivity (Wildman–Crippen MR) is 79.0 cm³/mol. The van der Waals surface area contributed by atoms with E-state index in [-0.39, 0.29) is 5.91 Å². The normalized spacial score (nSPS) is 11.5. The summed E-state index contributed by atoms with van der Waals surface area (Å²) in [5.74, 6) is 0.530. The van der Waals surface area contributed by atoms with Gasteiger partial charge >= 0.3 is 0 Å². The highest BCUT2D eigenvalue weighted by atomic mass is 127. The third kappa shape index (κ3) is 3.48. The molecule has 1 rings (SSSR count). The standard InChI is InChI=1S/C10H12Cl2INOS/c1-2-10(5-11,6-12)14-9(15)7-3-8(13)16-4-7/h3-4H,2,5-6H2,1H3,(H,14,15). The Kier molecular flexibility index (Phi) is 5.84. The Balaban J connectivity index is 2.76. The van der Waals surface area contributed by atoms with Gasteiger partial charge in [0.1, 0.15) is 0 Å². The summed E-state index contributed by atoms with van der Waals surface area (Å²) in [6.45, 7) is 1.96. The number of rotatable bonds is 5. The van der Waals surface area contributed by atoms with Gasteiger partial charge in [0.15, 0.2) is 0 Å². The van der Waals surface area contributed by atoms with Crippen molar-refractivity contribution in [1.82, 2.24) is 5.32 Å². The average molecular weight is 392 g/mol. The Morgan fingerprint density at radius 3 is 2.56 bits per heavy atom. The second kappa shape index (κ2) is 6.42. The summed E-state index contributed by atoms with van der Waals surface area (Å²) in [5, 5.41) is 4.74. The van der Waals surface area contributed by atoms with Gasteiger partial charge in [0, 0.05) is 17.1 Å². The molecule has 0 spiro atoms. The summed E-state index contributed by atoms with van der Waals surface area (Å²) >= 11 is 15.5. The van der Waals surface area contributed by atoms with Crippen LogP contribution >= 0.6 is 57.1 Å². The van der Waals surface area contributed by atoms with Crippen LogP contribution in [-0.4, -0.2) is 23.2 Å². The monoisotopic (exact) mass is 391 g/mol. The van der Waals surface area contributed by atoms with Crippen molar-refractivity contribution in [3.05, 3.63) is 19.9 Å². The first-order valence-electron chi connectivity index (χ1n) is 4.75. The van der Waals surface area contributed by atoms with Gasteiger partial charge in [-0.05, 0) is 35.1 Å². The predicted octanol–water partition coefficient (Wildman–Crippen LogP) is 3.71. The van der Waals surface area contributed by atoms with Crippen molar-refractivity contribution in [2.75, 3.05) is 11.8 Å². The molecule has 0 radical (unpaired) electrons. The van der Waals surface area contributed by atoms with E-state index < -0.39 is 5.54 Å². The van der Waals surface area contributed by atoms with Crippen molar-refractivity contribution in [2.45, 2.75) is 18.9 Å². The molecule has 6 heteroatoms. The molecule has 1 aromatic rings. The lowest BCUT2D eigenvalue weighted by atomic mass is 10.0. The van der Waals surface area contributed by atoms with Crippen LogP contribution in [0.1, 0.15) is 23.7 Å². The largest absolute Gasteiger partial charge is 0.344 e. The number of carbonyl (C=O) groups is 1. The lowest BCUT2D eigenvalue weighted by Gasteiger charge is -2.29. The fraction of sp³-hybridized carbons (Fsp3) is 0.500. The average Bonchev–Trinajstić information content (AvgIpc) is 2.73. The summed E-state index contributed by atoms with van der Waals surface area (Å²) in [4.78, 5) is 11.9. The Labute approximate surface area is 123 Å². The first-order chi connectivity index (χ1) is 7.56. The van der Waals surface area contributed by atoms with E-state index >= 15 is 0 Å². The van der Waals surface area contributed by atoms with Crippen LogP contribution in [0.3, 0.4) is 0 Å². The van der Waals surface area contributed by atoms with Crippen LogP contribution in [-0.2, 0) is 0 Å². The van der Waals surface area contributed by atoms with E-state index in [1.54, 1.807) is 11.3 Å². The molecule has 0 bridgehead atoms. The molecule has 0 aliphatic heterocycles. The Morgan fingerprint density at radius 2 is 2.19 bits per heavy atom. The van der Waals surface area contributed by atoms with E-state index in [9.17, 15) is 4.79 Å². The molecule has 0 aliphatic carbocycles. The fourth-order valence-corrected chi connectivity index (χ4v) is 3.25. The molecule has 1 heterocycles. The number of carbonyl (C=O) groups excluding carboxylic acids is 1. The highest BCUT2D eigenvalue weighted by molar-refractivity contribution is 14.1. The van der Waals surface area contributed by atoms with E-state index in [4.69, 9.17) is 23.2 Å². The highest BCUT2D eigenvalue weighted by Crippen LogP contribution is 2.19. The van der Waals surface area contributed by atoms with Gasteiger partial charge < -0.3 is 5.32 Å². The SMILES string of the molecule is CCC(CCl)(CCl)NC(=O)c1csc(I)c1. The molecule has 0 unspecified atom stereocenters. The number of amides is 1. The van der Waals surface area contributed by atoms with Crippen molar-refractivity contribution in [3.8, 4) is 0 Å². The zero-order valence-electron chi connectivity index (χ0n) is 8.73. The molecule has 0 aliphatic rings. The lowest BCUT2D eigenvalue weighted by molar-refractivity contribution is 0.0914. The lowest BCUT2D eigenvalue weighted by Crippen LogP contribution is -2.51. The van der Waals surface area contributed by atoms with Crippen LogP contribution in [0.25, 0.3) is 0 Å². The number of halogens is 3. The van der Waals surface area contributed by atoms with Crippen molar-refractivity contribution in [2.24, 2.45) is 0 Å². The van der Waals surface area contributed by atoms with Gasteiger partial charge in [0.05, 0.1) is 14.0 Å². The van der Waals surface area contributed by atoms with Gasteiger partial charge in [-0.15, -0.1) is 34.5 Å². The van der Waals surface area contributed by atoms with Crippen molar-refractivity contribution in [3.63, 3.8) is 0 Å². The van der Waals surface area contributed by atoms with Gasteiger partial charge in [0.25, 0.3) is 5.91 Å². The minimum Gasteiger partial charge on any atom is -0.344 e. The molecule has 0 atom stereocenters. The molecule has 1 N–H and O–H groups in total. The summed E-state index contributed by atoms with van der Waals surface area (Å²) < 4.78 is 1.08. The molecule has 0 saturated heterocycles. The topological polar surface area (TPSA) is 29.1 Å². The molecule has 90 valence electrons. The summed E-state index contributed by atoms with van der Waals surface area (Å²) in [5.41, 5.74) is 0.163. The van der Waals surface area contributed by atoms with Gasteiger partial charge in [-0.3, -0.25) is 4.79 Å². The number of hydrogen-bond acceptors (Lipinski definition) is 2. The van der Waals surface area contributed by atoms with Gasteiger partial charge in [-0.25, -0.2) is 0 Å². The molecule has 1 amide bonds. The molecule has 2 nitrogen and oxygen atoms in total. The molecule has 0 fully saturated rings. The minimum absolute atomic E-state index is 0.109. The molecule has 0 aromatic carbocycles. The maximum atomic E-state index is 11.9. The summed E-state index contributed by atoms with van der Waals surface area (Å²) in [6.07, 6.45) is 0.715. The molecule has 16 heavy (non-hydrogen) atoms. The van der Waals surface area contributed by atoms with Crippen molar-refractivity contribution in [1.29, 1.82) is 0 Å². The quantitative estimate of drug-likeness (QED) is 0.601. The second-order valence-corrected chi connectivity index (χ2v) is 6.83. The third-order valence-corrected chi connectivity index (χ3v) is 5.21. The Morgan fingerprint density at radius 1 is 1.56 bits per heavy atom. The van der Waals surface area contributed by atoms with Crippen LogP contribution in [0, 0.1) is 2.88 Å². The van der Waals surface area contributed by atoms with Crippen LogP contribution in [0.4, 0.5) is 0 Å². The van der Waals surface area contributed by atoms with E-state index in [0.29, 0.717) is 23.7 Å². The first-order valence-corrected chi connectivity index (χ1v) is 7.78. The fourth-order valence-electron chi connectivity index (χ4n) is 1.12. The van der Waals surface area contributed by atoms with Gasteiger partial charge in [0.2, 0.25) is 0 Å². The van der Waals surface area contributed by atoms with Crippen LogP contribution < -0.4 is 5.32 Å². The molecular formula is C10H12Cl2INOS. The second-order valence-electron chi connectivity index (χ2n) is 3.49. The summed E-state index contributed by atoms with van der Waals surface area (Å²) in [6, 6.07) is 1.85. The highest BCUT2D eigenvalue weighted by Gasteiger charge is 2.28. The van der Waals surface area contributed by atoms with E-state index in [0.717, 1.165) is 2.88 Å². The van der Waals surface area contributed by atoms with Crippen LogP contribution in [0.2, 0.25) is 0 Å². The zero-order chi connectivity index (χ0) is 12.2. The van der Waals surface area contributed by atoms with Crippen LogP contribution in [0.15, 0.2) is 11.4 Å². The molecular weight excluding hydrogens is 380 g/mol. The Bertz CT molecular complexity index is 357. The maximum Gasteiger partial charge on any atom is 0.252 e. The first kappa shape index (κ1) is 14.5. The summed E-state index contributed by atoms with van der Waals surface area (Å²) in [7, 11) is 0. The number of hydrogen-bond donors (Lipinski definition) is 1. The van der Waals surface area contributed by atoms with Crippen molar-refractivity contribution < 1.29 is 4.79 Å².